The summed E-state index contributed by atoms with van der Waals surface area (Å²) >= 11 is 1.68. The molecule has 118 valence electrons. The van der Waals surface area contributed by atoms with Crippen LogP contribution < -0.4 is 5.32 Å². The molecule has 1 aromatic carbocycles. The van der Waals surface area contributed by atoms with Crippen LogP contribution in [0, 0.1) is 0 Å². The molecule has 1 amide bonds. The van der Waals surface area contributed by atoms with Crippen molar-refractivity contribution < 1.29 is 9.21 Å². The molecular formula is C19H19NO2S. The normalized spacial score (nSPS) is 12.0. The molecule has 3 rings (SSSR count). The largest absolute Gasteiger partial charge is 0.469 e. The van der Waals surface area contributed by atoms with Gasteiger partial charge < -0.3 is 9.73 Å². The van der Waals surface area contributed by atoms with Crippen molar-refractivity contribution in [2.75, 3.05) is 6.54 Å². The van der Waals surface area contributed by atoms with E-state index in [9.17, 15) is 4.79 Å². The first-order valence-electron chi connectivity index (χ1n) is 7.70. The summed E-state index contributed by atoms with van der Waals surface area (Å²) < 4.78 is 5.54. The van der Waals surface area contributed by atoms with E-state index in [0.717, 1.165) is 12.2 Å². The minimum atomic E-state index is 0.0713. The van der Waals surface area contributed by atoms with E-state index < -0.39 is 0 Å². The van der Waals surface area contributed by atoms with Crippen molar-refractivity contribution in [1.82, 2.24) is 5.32 Å². The average molecular weight is 325 g/mol. The van der Waals surface area contributed by atoms with E-state index in [2.05, 4.69) is 11.4 Å². The molecule has 3 nitrogen and oxygen atoms in total. The Morgan fingerprint density at radius 2 is 1.96 bits per heavy atom. The number of hydrogen-bond donors (Lipinski definition) is 1. The van der Waals surface area contributed by atoms with Crippen LogP contribution in [0.2, 0.25) is 0 Å². The highest BCUT2D eigenvalue weighted by Gasteiger charge is 2.18. The zero-order valence-corrected chi connectivity index (χ0v) is 13.6. The summed E-state index contributed by atoms with van der Waals surface area (Å²) in [6.07, 6.45) is 2.93. The summed E-state index contributed by atoms with van der Waals surface area (Å²) in [6.45, 7) is 0.557. The van der Waals surface area contributed by atoms with Gasteiger partial charge in [-0.2, -0.15) is 0 Å². The SMILES string of the molecule is O=C(CCc1ccccc1)NC[C@@H](c1ccco1)c1cccs1. The zero-order valence-electron chi connectivity index (χ0n) is 12.8. The van der Waals surface area contributed by atoms with Crippen LogP contribution in [0.5, 0.6) is 0 Å². The Bertz CT molecular complexity index is 671. The minimum Gasteiger partial charge on any atom is -0.469 e. The average Bonchev–Trinajstić information content (AvgIpc) is 3.28. The fourth-order valence-electron chi connectivity index (χ4n) is 2.53. The van der Waals surface area contributed by atoms with Gasteiger partial charge in [-0.25, -0.2) is 0 Å². The second kappa shape index (κ2) is 7.79. The van der Waals surface area contributed by atoms with Gasteiger partial charge in [0.2, 0.25) is 5.91 Å². The summed E-state index contributed by atoms with van der Waals surface area (Å²) in [5.41, 5.74) is 1.18. The molecule has 23 heavy (non-hydrogen) atoms. The standard InChI is InChI=1S/C19H19NO2S/c21-19(11-10-15-6-2-1-3-7-15)20-14-16(17-8-4-12-22-17)18-9-5-13-23-18/h1-9,12-13,16H,10-11,14H2,(H,20,21)/t16-/m0/s1. The van der Waals surface area contributed by atoms with E-state index in [-0.39, 0.29) is 11.8 Å². The van der Waals surface area contributed by atoms with Gasteiger partial charge in [0.05, 0.1) is 12.2 Å². The van der Waals surface area contributed by atoms with Gasteiger partial charge in [0.15, 0.2) is 0 Å². The number of nitrogens with one attached hydrogen (secondary N) is 1. The first-order valence-corrected chi connectivity index (χ1v) is 8.58. The van der Waals surface area contributed by atoms with Crippen molar-refractivity contribution in [3.8, 4) is 0 Å². The van der Waals surface area contributed by atoms with Crippen LogP contribution in [0.25, 0.3) is 0 Å². The van der Waals surface area contributed by atoms with Crippen molar-refractivity contribution in [3.63, 3.8) is 0 Å². The second-order valence-corrected chi connectivity index (χ2v) is 6.35. The number of furan rings is 1. The third kappa shape index (κ3) is 4.33. The van der Waals surface area contributed by atoms with Gasteiger partial charge in [0.1, 0.15) is 5.76 Å². The lowest BCUT2D eigenvalue weighted by atomic mass is 10.0. The lowest BCUT2D eigenvalue weighted by molar-refractivity contribution is -0.121. The van der Waals surface area contributed by atoms with Crippen LogP contribution in [0.3, 0.4) is 0 Å². The molecule has 4 heteroatoms. The Hall–Kier alpha value is -2.33. The maximum atomic E-state index is 12.1. The van der Waals surface area contributed by atoms with Crippen molar-refractivity contribution in [2.24, 2.45) is 0 Å². The lowest BCUT2D eigenvalue weighted by Gasteiger charge is -2.14. The number of carbonyl (C=O) groups is 1. The molecule has 1 N–H and O–H groups in total. The second-order valence-electron chi connectivity index (χ2n) is 5.37. The molecule has 0 saturated carbocycles. The Kier molecular flexibility index (Phi) is 5.27. The number of aryl methyl sites for hydroxylation is 1. The molecule has 0 aliphatic heterocycles. The van der Waals surface area contributed by atoms with Crippen molar-refractivity contribution in [1.29, 1.82) is 0 Å². The number of thiophene rings is 1. The molecule has 0 spiro atoms. The van der Waals surface area contributed by atoms with E-state index >= 15 is 0 Å². The van der Waals surface area contributed by atoms with Crippen LogP contribution in [0.1, 0.15) is 28.5 Å². The molecule has 0 aliphatic carbocycles. The molecule has 3 aromatic rings. The Balaban J connectivity index is 1.55. The topological polar surface area (TPSA) is 42.2 Å². The van der Waals surface area contributed by atoms with Crippen LogP contribution in [0.4, 0.5) is 0 Å². The molecule has 0 bridgehead atoms. The van der Waals surface area contributed by atoms with Crippen LogP contribution >= 0.6 is 11.3 Å². The van der Waals surface area contributed by atoms with Crippen molar-refractivity contribution >= 4 is 17.2 Å². The summed E-state index contributed by atoms with van der Waals surface area (Å²) in [5, 5.41) is 5.08. The third-order valence-electron chi connectivity index (χ3n) is 3.76. The Morgan fingerprint density at radius 3 is 2.65 bits per heavy atom. The fourth-order valence-corrected chi connectivity index (χ4v) is 3.36. The van der Waals surface area contributed by atoms with Gasteiger partial charge in [0, 0.05) is 17.8 Å². The highest BCUT2D eigenvalue weighted by Crippen LogP contribution is 2.28. The quantitative estimate of drug-likeness (QED) is 0.706. The van der Waals surface area contributed by atoms with Gasteiger partial charge >= 0.3 is 0 Å². The van der Waals surface area contributed by atoms with Crippen LogP contribution in [-0.2, 0) is 11.2 Å². The monoisotopic (exact) mass is 325 g/mol. The first kappa shape index (κ1) is 15.6. The summed E-state index contributed by atoms with van der Waals surface area (Å²) in [7, 11) is 0. The first-order chi connectivity index (χ1) is 11.3. The molecule has 0 unspecified atom stereocenters. The lowest BCUT2D eigenvalue weighted by Crippen LogP contribution is -2.28. The number of rotatable bonds is 7. The van der Waals surface area contributed by atoms with E-state index in [1.807, 2.05) is 53.9 Å². The van der Waals surface area contributed by atoms with Gasteiger partial charge in [-0.1, -0.05) is 36.4 Å². The maximum absolute atomic E-state index is 12.1. The van der Waals surface area contributed by atoms with Crippen molar-refractivity contribution in [2.45, 2.75) is 18.8 Å². The van der Waals surface area contributed by atoms with E-state index in [1.54, 1.807) is 17.6 Å². The number of carbonyl (C=O) groups excluding carboxylic acids is 1. The van der Waals surface area contributed by atoms with Gasteiger partial charge in [-0.15, -0.1) is 11.3 Å². The van der Waals surface area contributed by atoms with Gasteiger partial charge in [-0.3, -0.25) is 4.79 Å². The third-order valence-corrected chi connectivity index (χ3v) is 4.75. The van der Waals surface area contributed by atoms with Gasteiger partial charge in [0.25, 0.3) is 0 Å². The molecule has 2 heterocycles. The molecular weight excluding hydrogens is 306 g/mol. The van der Waals surface area contributed by atoms with E-state index in [1.165, 1.54) is 10.4 Å². The van der Waals surface area contributed by atoms with E-state index in [4.69, 9.17) is 4.42 Å². The minimum absolute atomic E-state index is 0.0713. The Labute approximate surface area is 140 Å². The molecule has 2 aromatic heterocycles. The molecule has 1 atom stereocenters. The van der Waals surface area contributed by atoms with E-state index in [0.29, 0.717) is 13.0 Å². The number of amides is 1. The highest BCUT2D eigenvalue weighted by molar-refractivity contribution is 7.10. The Morgan fingerprint density at radius 1 is 1.09 bits per heavy atom. The fraction of sp³-hybridized carbons (Fsp3) is 0.211. The predicted molar refractivity (Wildman–Crippen MR) is 92.6 cm³/mol. The van der Waals surface area contributed by atoms with Crippen molar-refractivity contribution in [3.05, 3.63) is 82.4 Å². The smallest absolute Gasteiger partial charge is 0.220 e. The predicted octanol–water partition coefficient (Wildman–Crippen LogP) is 4.22. The molecule has 0 fully saturated rings. The highest BCUT2D eigenvalue weighted by atomic mass is 32.1. The molecule has 0 aliphatic rings. The van der Waals surface area contributed by atoms with Crippen LogP contribution in [-0.4, -0.2) is 12.5 Å². The maximum Gasteiger partial charge on any atom is 0.220 e. The number of benzene rings is 1. The summed E-state index contributed by atoms with van der Waals surface area (Å²) in [6, 6.07) is 18.0. The molecule has 0 radical (unpaired) electrons. The van der Waals surface area contributed by atoms with Crippen LogP contribution in [0.15, 0.2) is 70.7 Å². The number of hydrogen-bond acceptors (Lipinski definition) is 3. The zero-order chi connectivity index (χ0) is 15.9. The summed E-state index contributed by atoms with van der Waals surface area (Å²) in [5.74, 6) is 1.03. The molecule has 0 saturated heterocycles. The summed E-state index contributed by atoms with van der Waals surface area (Å²) in [4.78, 5) is 13.3. The van der Waals surface area contributed by atoms with Gasteiger partial charge in [-0.05, 0) is 35.6 Å².